The number of halogens is 1. The molecule has 118 valence electrons. The van der Waals surface area contributed by atoms with Crippen molar-refractivity contribution in [3.05, 3.63) is 59.8 Å². The number of alkyl carbamates (subject to hydrolysis) is 1. The number of carbonyl (C=O) groups is 1. The number of rotatable bonds is 5. The van der Waals surface area contributed by atoms with Crippen molar-refractivity contribution in [1.82, 2.24) is 10.4 Å². The lowest BCUT2D eigenvalue weighted by Crippen LogP contribution is -2.51. The number of amides is 1. The number of benzene rings is 1. The molecule has 0 saturated heterocycles. The topological polar surface area (TPSA) is 67.6 Å². The molecule has 3 N–H and O–H groups in total. The molecule has 0 saturated carbocycles. The second-order valence-electron chi connectivity index (χ2n) is 5.04. The maximum atomic E-state index is 14.4. The SMILES string of the molecule is CCOC(=O)NC1=CCC(N)(N(F)Cc2ccccc2)C=C1. The van der Waals surface area contributed by atoms with E-state index >= 15 is 0 Å². The van der Waals surface area contributed by atoms with Gasteiger partial charge in [-0.2, -0.15) is 0 Å². The molecule has 2 rings (SSSR count). The highest BCUT2D eigenvalue weighted by Crippen LogP contribution is 2.24. The van der Waals surface area contributed by atoms with E-state index in [0.717, 1.165) is 5.56 Å². The first-order chi connectivity index (χ1) is 10.5. The molecule has 1 aromatic rings. The fraction of sp³-hybridized carbons (Fsp3) is 0.312. The van der Waals surface area contributed by atoms with Gasteiger partial charge >= 0.3 is 6.09 Å². The number of nitrogens with two attached hydrogens (primary N) is 1. The lowest BCUT2D eigenvalue weighted by Gasteiger charge is -2.33. The molecule has 0 fully saturated rings. The Balaban J connectivity index is 1.95. The third kappa shape index (κ3) is 4.16. The van der Waals surface area contributed by atoms with E-state index in [1.165, 1.54) is 6.08 Å². The van der Waals surface area contributed by atoms with Crippen LogP contribution in [0.3, 0.4) is 0 Å². The minimum Gasteiger partial charge on any atom is -0.450 e. The van der Waals surface area contributed by atoms with Crippen molar-refractivity contribution >= 4 is 6.09 Å². The Hall–Kier alpha value is -2.18. The molecular formula is C16H20FN3O2. The average Bonchev–Trinajstić information content (AvgIpc) is 2.51. The van der Waals surface area contributed by atoms with Crippen molar-refractivity contribution in [2.24, 2.45) is 5.73 Å². The van der Waals surface area contributed by atoms with Crippen molar-refractivity contribution in [3.8, 4) is 0 Å². The monoisotopic (exact) mass is 305 g/mol. The van der Waals surface area contributed by atoms with Crippen molar-refractivity contribution in [2.45, 2.75) is 25.6 Å². The first-order valence-corrected chi connectivity index (χ1v) is 7.13. The lowest BCUT2D eigenvalue weighted by molar-refractivity contribution is -0.0676. The minimum atomic E-state index is -1.23. The Bertz CT molecular complexity index is 574. The molecule has 0 aromatic heterocycles. The maximum absolute atomic E-state index is 14.4. The molecule has 1 aliphatic carbocycles. The first-order valence-electron chi connectivity index (χ1n) is 7.13. The largest absolute Gasteiger partial charge is 0.450 e. The van der Waals surface area contributed by atoms with Crippen LogP contribution in [0.1, 0.15) is 18.9 Å². The van der Waals surface area contributed by atoms with Crippen LogP contribution in [0.5, 0.6) is 0 Å². The van der Waals surface area contributed by atoms with Gasteiger partial charge in [-0.3, -0.25) is 5.32 Å². The third-order valence-corrected chi connectivity index (χ3v) is 3.34. The number of allylic oxidation sites excluding steroid dienone is 1. The number of hydrogen-bond donors (Lipinski definition) is 2. The fourth-order valence-corrected chi connectivity index (χ4v) is 2.09. The summed E-state index contributed by atoms with van der Waals surface area (Å²) in [5, 5.41) is 3.16. The number of nitrogens with one attached hydrogen (secondary N) is 1. The molecule has 1 unspecified atom stereocenters. The predicted molar refractivity (Wildman–Crippen MR) is 82.0 cm³/mol. The van der Waals surface area contributed by atoms with Crippen LogP contribution in [0.4, 0.5) is 9.28 Å². The van der Waals surface area contributed by atoms with Gasteiger partial charge in [0.1, 0.15) is 5.66 Å². The highest BCUT2D eigenvalue weighted by Gasteiger charge is 2.31. The van der Waals surface area contributed by atoms with E-state index in [0.29, 0.717) is 17.4 Å². The minimum absolute atomic E-state index is 0.0934. The van der Waals surface area contributed by atoms with E-state index in [9.17, 15) is 9.28 Å². The molecule has 1 amide bonds. The Labute approximate surface area is 129 Å². The molecule has 1 aromatic carbocycles. The van der Waals surface area contributed by atoms with Gasteiger partial charge in [0, 0.05) is 12.1 Å². The van der Waals surface area contributed by atoms with E-state index in [4.69, 9.17) is 10.5 Å². The Morgan fingerprint density at radius 1 is 1.45 bits per heavy atom. The summed E-state index contributed by atoms with van der Waals surface area (Å²) >= 11 is 0. The van der Waals surface area contributed by atoms with Gasteiger partial charge in [-0.05, 0) is 24.6 Å². The standard InChI is InChI=1S/C16H20FN3O2/c1-2-22-15(21)19-14-8-10-16(18,11-9-14)20(17)12-13-6-4-3-5-7-13/h3-10H,2,11-12,18H2,1H3,(H,19,21). The second kappa shape index (κ2) is 7.20. The molecule has 0 bridgehead atoms. The third-order valence-electron chi connectivity index (χ3n) is 3.34. The van der Waals surface area contributed by atoms with Crippen molar-refractivity contribution in [2.75, 3.05) is 6.61 Å². The van der Waals surface area contributed by atoms with Gasteiger partial charge in [-0.25, -0.2) is 4.79 Å². The zero-order valence-corrected chi connectivity index (χ0v) is 12.5. The molecule has 0 radical (unpaired) electrons. The maximum Gasteiger partial charge on any atom is 0.411 e. The lowest BCUT2D eigenvalue weighted by atomic mass is 9.99. The van der Waals surface area contributed by atoms with Crippen molar-refractivity contribution < 1.29 is 14.0 Å². The summed E-state index contributed by atoms with van der Waals surface area (Å²) < 4.78 is 19.2. The summed E-state index contributed by atoms with van der Waals surface area (Å²) in [4.78, 5) is 11.3. The molecule has 22 heavy (non-hydrogen) atoms. The molecule has 0 heterocycles. The molecule has 1 atom stereocenters. The highest BCUT2D eigenvalue weighted by molar-refractivity contribution is 5.70. The van der Waals surface area contributed by atoms with Crippen LogP contribution in [-0.4, -0.2) is 23.5 Å². The van der Waals surface area contributed by atoms with Gasteiger partial charge in [0.2, 0.25) is 0 Å². The highest BCUT2D eigenvalue weighted by atomic mass is 19.2. The summed E-state index contributed by atoms with van der Waals surface area (Å²) in [6, 6.07) is 9.26. The van der Waals surface area contributed by atoms with E-state index in [2.05, 4.69) is 5.32 Å². The summed E-state index contributed by atoms with van der Waals surface area (Å²) in [6.07, 6.45) is 4.50. The van der Waals surface area contributed by atoms with Crippen LogP contribution < -0.4 is 11.1 Å². The zero-order chi connectivity index (χ0) is 16.0. The zero-order valence-electron chi connectivity index (χ0n) is 12.5. The molecular weight excluding hydrogens is 285 g/mol. The summed E-state index contributed by atoms with van der Waals surface area (Å²) in [5.74, 6) is 0. The molecule has 0 spiro atoms. The van der Waals surface area contributed by atoms with Crippen LogP contribution in [0.2, 0.25) is 0 Å². The van der Waals surface area contributed by atoms with E-state index < -0.39 is 11.8 Å². The van der Waals surface area contributed by atoms with E-state index in [1.807, 2.05) is 30.3 Å². The second-order valence-corrected chi connectivity index (χ2v) is 5.04. The molecule has 5 nitrogen and oxygen atoms in total. The van der Waals surface area contributed by atoms with E-state index in [-0.39, 0.29) is 13.0 Å². The van der Waals surface area contributed by atoms with Crippen molar-refractivity contribution in [1.29, 1.82) is 0 Å². The predicted octanol–water partition coefficient (Wildman–Crippen LogP) is 2.62. The first kappa shape index (κ1) is 16.2. The Morgan fingerprint density at radius 2 is 2.18 bits per heavy atom. The molecule has 1 aliphatic rings. The molecule has 0 aliphatic heterocycles. The Kier molecular flexibility index (Phi) is 5.30. The van der Waals surface area contributed by atoms with Crippen LogP contribution in [0.15, 0.2) is 54.3 Å². The number of carbonyl (C=O) groups excluding carboxylic acids is 1. The smallest absolute Gasteiger partial charge is 0.411 e. The van der Waals surface area contributed by atoms with Gasteiger partial charge in [0.05, 0.1) is 13.2 Å². The normalized spacial score (nSPS) is 20.6. The number of hydrogen-bond acceptors (Lipinski definition) is 4. The van der Waals surface area contributed by atoms with E-state index in [1.54, 1.807) is 19.1 Å². The molecule has 6 heteroatoms. The van der Waals surface area contributed by atoms with Crippen LogP contribution in [0.25, 0.3) is 0 Å². The van der Waals surface area contributed by atoms with Crippen LogP contribution in [0, 0.1) is 0 Å². The summed E-state index contributed by atoms with van der Waals surface area (Å²) in [5.41, 5.74) is 6.24. The number of nitrogens with zero attached hydrogens (tertiary/aromatic N) is 1. The van der Waals surface area contributed by atoms with Gasteiger partial charge in [0.15, 0.2) is 0 Å². The fourth-order valence-electron chi connectivity index (χ4n) is 2.09. The van der Waals surface area contributed by atoms with Crippen molar-refractivity contribution in [3.63, 3.8) is 0 Å². The van der Waals surface area contributed by atoms with Crippen LogP contribution in [-0.2, 0) is 11.3 Å². The number of ether oxygens (including phenoxy) is 1. The van der Waals surface area contributed by atoms with Crippen LogP contribution >= 0.6 is 0 Å². The quantitative estimate of drug-likeness (QED) is 0.648. The van der Waals surface area contributed by atoms with Gasteiger partial charge < -0.3 is 10.5 Å². The summed E-state index contributed by atoms with van der Waals surface area (Å²) in [6.45, 7) is 2.11. The van der Waals surface area contributed by atoms with Gasteiger partial charge in [-0.15, -0.1) is 9.60 Å². The van der Waals surface area contributed by atoms with Gasteiger partial charge in [0.25, 0.3) is 0 Å². The Morgan fingerprint density at radius 3 is 2.77 bits per heavy atom. The summed E-state index contributed by atoms with van der Waals surface area (Å²) in [7, 11) is 0. The average molecular weight is 305 g/mol. The van der Waals surface area contributed by atoms with Gasteiger partial charge in [-0.1, -0.05) is 36.4 Å².